The van der Waals surface area contributed by atoms with Gasteiger partial charge in [-0.2, -0.15) is 14.1 Å². The van der Waals surface area contributed by atoms with Crippen LogP contribution in [0, 0.1) is 13.8 Å². The van der Waals surface area contributed by atoms with Crippen molar-refractivity contribution in [1.82, 2.24) is 14.1 Å². The predicted molar refractivity (Wildman–Crippen MR) is 78.1 cm³/mol. The summed E-state index contributed by atoms with van der Waals surface area (Å²) in [6.07, 6.45) is 3.11. The number of sulfonamides is 1. The quantitative estimate of drug-likeness (QED) is 0.856. The van der Waals surface area contributed by atoms with Crippen molar-refractivity contribution in [2.45, 2.75) is 31.6 Å². The van der Waals surface area contributed by atoms with Gasteiger partial charge >= 0.3 is 5.91 Å². The van der Waals surface area contributed by atoms with Crippen LogP contribution < -0.4 is 0 Å². The van der Waals surface area contributed by atoms with Gasteiger partial charge in [0.1, 0.15) is 4.90 Å². The van der Waals surface area contributed by atoms with Gasteiger partial charge in [0.2, 0.25) is 10.0 Å². The third kappa shape index (κ3) is 2.28. The molecular weight excluding hydrogens is 306 g/mol. The number of aromatic nitrogens is 2. The van der Waals surface area contributed by atoms with Crippen molar-refractivity contribution in [3.05, 3.63) is 35.5 Å². The van der Waals surface area contributed by atoms with Gasteiger partial charge in [-0.3, -0.25) is 4.79 Å². The first kappa shape index (κ1) is 15.0. The molecule has 0 aliphatic carbocycles. The van der Waals surface area contributed by atoms with Crippen molar-refractivity contribution >= 4 is 15.9 Å². The van der Waals surface area contributed by atoms with Crippen LogP contribution in [-0.4, -0.2) is 41.5 Å². The Labute approximate surface area is 128 Å². The zero-order valence-electron chi connectivity index (χ0n) is 12.4. The summed E-state index contributed by atoms with van der Waals surface area (Å²) in [6.45, 7) is 4.21. The SMILES string of the molecule is Cc1nn(C(=O)c2ccco2)c(C)c1S(=O)(=O)N1CCCC1. The summed E-state index contributed by atoms with van der Waals surface area (Å²) in [6, 6.07) is 3.12. The minimum atomic E-state index is -3.61. The van der Waals surface area contributed by atoms with Crippen LogP contribution in [0.5, 0.6) is 0 Å². The fraction of sp³-hybridized carbons (Fsp3) is 0.429. The van der Waals surface area contributed by atoms with Crippen LogP contribution in [0.25, 0.3) is 0 Å². The molecule has 0 spiro atoms. The molecule has 0 saturated carbocycles. The fourth-order valence-corrected chi connectivity index (χ4v) is 4.63. The summed E-state index contributed by atoms with van der Waals surface area (Å²) < 4.78 is 33.1. The highest BCUT2D eigenvalue weighted by molar-refractivity contribution is 7.89. The summed E-state index contributed by atoms with van der Waals surface area (Å²) in [4.78, 5) is 12.5. The zero-order chi connectivity index (χ0) is 15.9. The maximum Gasteiger partial charge on any atom is 0.314 e. The van der Waals surface area contributed by atoms with Gasteiger partial charge in [-0.25, -0.2) is 8.42 Å². The van der Waals surface area contributed by atoms with Crippen molar-refractivity contribution in [2.24, 2.45) is 0 Å². The second-order valence-corrected chi connectivity index (χ2v) is 7.18. The molecule has 1 aliphatic rings. The van der Waals surface area contributed by atoms with E-state index in [0.29, 0.717) is 24.5 Å². The molecule has 1 fully saturated rings. The van der Waals surface area contributed by atoms with Crippen LogP contribution in [0.15, 0.2) is 27.7 Å². The van der Waals surface area contributed by atoms with E-state index in [1.807, 2.05) is 0 Å². The Hall–Kier alpha value is -1.93. The largest absolute Gasteiger partial charge is 0.459 e. The van der Waals surface area contributed by atoms with Crippen LogP contribution in [0.2, 0.25) is 0 Å². The van der Waals surface area contributed by atoms with Gasteiger partial charge < -0.3 is 4.42 Å². The molecule has 0 bridgehead atoms. The van der Waals surface area contributed by atoms with E-state index in [9.17, 15) is 13.2 Å². The molecule has 118 valence electrons. The van der Waals surface area contributed by atoms with Crippen LogP contribution in [0.1, 0.15) is 34.8 Å². The smallest absolute Gasteiger partial charge is 0.314 e. The first-order valence-corrected chi connectivity index (χ1v) is 8.51. The van der Waals surface area contributed by atoms with Crippen molar-refractivity contribution in [3.63, 3.8) is 0 Å². The highest BCUT2D eigenvalue weighted by atomic mass is 32.2. The molecule has 1 saturated heterocycles. The van der Waals surface area contributed by atoms with Crippen molar-refractivity contribution in [2.75, 3.05) is 13.1 Å². The number of nitrogens with zero attached hydrogens (tertiary/aromatic N) is 3. The number of rotatable bonds is 3. The molecule has 2 aromatic heterocycles. The van der Waals surface area contributed by atoms with E-state index >= 15 is 0 Å². The Morgan fingerprint density at radius 1 is 1.27 bits per heavy atom. The Morgan fingerprint density at radius 3 is 2.55 bits per heavy atom. The van der Waals surface area contributed by atoms with Gasteiger partial charge in [-0.1, -0.05) is 0 Å². The number of hydrogen-bond acceptors (Lipinski definition) is 5. The van der Waals surface area contributed by atoms with Crippen molar-refractivity contribution in [3.8, 4) is 0 Å². The minimum absolute atomic E-state index is 0.120. The lowest BCUT2D eigenvalue weighted by molar-refractivity contribution is 0.0914. The van der Waals surface area contributed by atoms with E-state index in [1.54, 1.807) is 19.9 Å². The van der Waals surface area contributed by atoms with E-state index in [1.165, 1.54) is 16.6 Å². The lowest BCUT2D eigenvalue weighted by Gasteiger charge is -2.15. The lowest BCUT2D eigenvalue weighted by Crippen LogP contribution is -2.29. The van der Waals surface area contributed by atoms with Crippen LogP contribution in [-0.2, 0) is 10.0 Å². The first-order valence-electron chi connectivity index (χ1n) is 7.07. The number of aryl methyl sites for hydroxylation is 1. The number of furan rings is 1. The van der Waals surface area contributed by atoms with E-state index in [4.69, 9.17) is 4.42 Å². The minimum Gasteiger partial charge on any atom is -0.459 e. The topological polar surface area (TPSA) is 85.4 Å². The molecule has 3 heterocycles. The molecule has 0 aromatic carbocycles. The second-order valence-electron chi connectivity index (χ2n) is 5.31. The molecule has 1 aliphatic heterocycles. The van der Waals surface area contributed by atoms with Gasteiger partial charge in [0.15, 0.2) is 5.76 Å². The Balaban J connectivity index is 2.06. The molecule has 0 unspecified atom stereocenters. The molecule has 2 aromatic rings. The summed E-state index contributed by atoms with van der Waals surface area (Å²) in [5, 5.41) is 4.11. The number of carbonyl (C=O) groups excluding carboxylic acids is 1. The maximum absolute atomic E-state index is 12.7. The average Bonchev–Trinajstić information content (AvgIpc) is 3.19. The summed E-state index contributed by atoms with van der Waals surface area (Å²) in [5.41, 5.74) is 0.634. The van der Waals surface area contributed by atoms with E-state index < -0.39 is 15.9 Å². The van der Waals surface area contributed by atoms with E-state index in [0.717, 1.165) is 17.5 Å². The maximum atomic E-state index is 12.7. The van der Waals surface area contributed by atoms with Crippen molar-refractivity contribution in [1.29, 1.82) is 0 Å². The zero-order valence-corrected chi connectivity index (χ0v) is 13.3. The highest BCUT2D eigenvalue weighted by Crippen LogP contribution is 2.26. The summed E-state index contributed by atoms with van der Waals surface area (Å²) in [7, 11) is -3.61. The van der Waals surface area contributed by atoms with Crippen molar-refractivity contribution < 1.29 is 17.6 Å². The van der Waals surface area contributed by atoms with E-state index in [2.05, 4.69) is 5.10 Å². The van der Waals surface area contributed by atoms with Gasteiger partial charge in [0.05, 0.1) is 17.7 Å². The third-order valence-corrected chi connectivity index (χ3v) is 5.96. The first-order chi connectivity index (χ1) is 10.4. The predicted octanol–water partition coefficient (Wildman–Crippen LogP) is 1.57. The molecule has 0 radical (unpaired) electrons. The average molecular weight is 323 g/mol. The lowest BCUT2D eigenvalue weighted by atomic mass is 10.4. The molecule has 7 nitrogen and oxygen atoms in total. The van der Waals surface area contributed by atoms with Gasteiger partial charge in [-0.15, -0.1) is 0 Å². The normalized spacial score (nSPS) is 16.3. The Kier molecular flexibility index (Phi) is 3.65. The Morgan fingerprint density at radius 2 is 1.95 bits per heavy atom. The monoisotopic (exact) mass is 323 g/mol. The van der Waals surface area contributed by atoms with Crippen LogP contribution in [0.4, 0.5) is 0 Å². The van der Waals surface area contributed by atoms with E-state index in [-0.39, 0.29) is 10.7 Å². The fourth-order valence-electron chi connectivity index (χ4n) is 2.76. The molecule has 0 atom stereocenters. The molecule has 8 heteroatoms. The van der Waals surface area contributed by atoms with Crippen LogP contribution in [0.3, 0.4) is 0 Å². The summed E-state index contributed by atoms with van der Waals surface area (Å²) >= 11 is 0. The molecule has 0 amide bonds. The number of hydrogen-bond donors (Lipinski definition) is 0. The number of carbonyl (C=O) groups is 1. The standard InChI is InChI=1S/C14H17N3O4S/c1-10-13(22(19,20)16-7-3-4-8-16)11(2)17(15-10)14(18)12-6-5-9-21-12/h5-6,9H,3-4,7-8H2,1-2H3. The summed E-state index contributed by atoms with van der Waals surface area (Å²) in [5.74, 6) is -0.357. The Bertz CT molecular complexity index is 800. The van der Waals surface area contributed by atoms with Crippen LogP contribution >= 0.6 is 0 Å². The highest BCUT2D eigenvalue weighted by Gasteiger charge is 2.33. The van der Waals surface area contributed by atoms with Gasteiger partial charge in [0.25, 0.3) is 0 Å². The molecule has 22 heavy (non-hydrogen) atoms. The molecule has 3 rings (SSSR count). The molecular formula is C14H17N3O4S. The third-order valence-electron chi connectivity index (χ3n) is 3.81. The second kappa shape index (κ2) is 5.36. The van der Waals surface area contributed by atoms with Gasteiger partial charge in [0, 0.05) is 13.1 Å². The van der Waals surface area contributed by atoms with Gasteiger partial charge in [-0.05, 0) is 38.8 Å². The molecule has 0 N–H and O–H groups in total.